The Kier molecular flexibility index (Phi) is 12.9. The summed E-state index contributed by atoms with van der Waals surface area (Å²) in [5.74, 6) is 0.811. The molecule has 0 unspecified atom stereocenters. The normalized spacial score (nSPS) is 17.9. The number of hydrogen-bond acceptors (Lipinski definition) is 5. The van der Waals surface area contributed by atoms with Crippen LogP contribution in [-0.4, -0.2) is 68.6 Å². The molecule has 0 aliphatic carbocycles. The van der Waals surface area contributed by atoms with Gasteiger partial charge >= 0.3 is 6.09 Å². The summed E-state index contributed by atoms with van der Waals surface area (Å²) in [4.78, 5) is 18.4. The molecule has 0 atom stereocenters. The minimum atomic E-state index is -0.216. The second-order valence-corrected chi connectivity index (χ2v) is 8.24. The number of nitrogens with one attached hydrogen (secondary N) is 2. The minimum Gasteiger partial charge on any atom is -0.450 e. The van der Waals surface area contributed by atoms with Crippen LogP contribution in [0.3, 0.4) is 0 Å². The van der Waals surface area contributed by atoms with Gasteiger partial charge in [-0.25, -0.2) is 9.79 Å². The number of halogens is 1. The molecule has 2 N–H and O–H groups in total. The number of carbonyl (C=O) groups excluding carboxylic acids is 1. The molecule has 1 aromatic rings. The third-order valence-electron chi connectivity index (χ3n) is 5.77. The molecule has 2 heterocycles. The zero-order valence-electron chi connectivity index (χ0n) is 19.9. The Bertz CT molecular complexity index is 735. The molecule has 0 bridgehead atoms. The van der Waals surface area contributed by atoms with E-state index in [4.69, 9.17) is 19.2 Å². The Morgan fingerprint density at radius 3 is 2.58 bits per heavy atom. The van der Waals surface area contributed by atoms with Gasteiger partial charge in [-0.15, -0.1) is 24.0 Å². The second kappa shape index (κ2) is 15.3. The van der Waals surface area contributed by atoms with Crippen molar-refractivity contribution >= 4 is 36.0 Å². The van der Waals surface area contributed by atoms with E-state index in [-0.39, 0.29) is 36.1 Å². The number of benzene rings is 1. The van der Waals surface area contributed by atoms with Gasteiger partial charge in [-0.2, -0.15) is 0 Å². The lowest BCUT2D eigenvalue weighted by Crippen LogP contribution is -2.49. The summed E-state index contributed by atoms with van der Waals surface area (Å²) in [6, 6.07) is 8.73. The topological polar surface area (TPSA) is 84.4 Å². The first-order valence-corrected chi connectivity index (χ1v) is 11.9. The highest BCUT2D eigenvalue weighted by atomic mass is 127. The summed E-state index contributed by atoms with van der Waals surface area (Å²) in [6.45, 7) is 9.32. The lowest BCUT2D eigenvalue weighted by molar-refractivity contribution is -0.0390. The fraction of sp³-hybridized carbons (Fsp3) is 0.667. The van der Waals surface area contributed by atoms with Gasteiger partial charge in [0, 0.05) is 38.9 Å². The molecule has 9 heteroatoms. The maximum absolute atomic E-state index is 11.9. The molecule has 0 spiro atoms. The van der Waals surface area contributed by atoms with Crippen LogP contribution in [0.5, 0.6) is 0 Å². The SMILES string of the molecule is CCNC(=NCc1cccc(COC2CCOCC2)c1)NC1CCN(C(=O)OCC)CC1.I. The summed E-state index contributed by atoms with van der Waals surface area (Å²) < 4.78 is 16.5. The van der Waals surface area contributed by atoms with Gasteiger partial charge in [0.25, 0.3) is 0 Å². The van der Waals surface area contributed by atoms with Crippen LogP contribution in [0.25, 0.3) is 0 Å². The Balaban J connectivity index is 0.00000385. The summed E-state index contributed by atoms with van der Waals surface area (Å²) in [7, 11) is 0. The van der Waals surface area contributed by atoms with E-state index >= 15 is 0 Å². The summed E-state index contributed by atoms with van der Waals surface area (Å²) >= 11 is 0. The van der Waals surface area contributed by atoms with Crippen molar-refractivity contribution in [1.29, 1.82) is 0 Å². The van der Waals surface area contributed by atoms with Crippen molar-refractivity contribution in [2.75, 3.05) is 39.5 Å². The average molecular weight is 575 g/mol. The first kappa shape index (κ1) is 27.7. The fourth-order valence-electron chi connectivity index (χ4n) is 3.98. The van der Waals surface area contributed by atoms with Crippen LogP contribution < -0.4 is 10.6 Å². The number of ether oxygens (including phenoxy) is 3. The van der Waals surface area contributed by atoms with Crippen molar-refractivity contribution in [2.45, 2.75) is 64.8 Å². The van der Waals surface area contributed by atoms with Crippen molar-refractivity contribution in [1.82, 2.24) is 15.5 Å². The highest BCUT2D eigenvalue weighted by Crippen LogP contribution is 2.15. The quantitative estimate of drug-likeness (QED) is 0.280. The Labute approximate surface area is 214 Å². The van der Waals surface area contributed by atoms with Crippen LogP contribution in [0.4, 0.5) is 4.79 Å². The fourth-order valence-corrected chi connectivity index (χ4v) is 3.98. The number of guanidine groups is 1. The predicted molar refractivity (Wildman–Crippen MR) is 140 cm³/mol. The van der Waals surface area contributed by atoms with E-state index in [9.17, 15) is 4.79 Å². The number of amides is 1. The number of piperidine rings is 1. The van der Waals surface area contributed by atoms with Gasteiger partial charge in [-0.05, 0) is 50.7 Å². The van der Waals surface area contributed by atoms with E-state index in [2.05, 4.69) is 41.8 Å². The Morgan fingerprint density at radius 1 is 1.15 bits per heavy atom. The first-order chi connectivity index (χ1) is 15.7. The third kappa shape index (κ3) is 9.66. The van der Waals surface area contributed by atoms with Crippen LogP contribution in [0.2, 0.25) is 0 Å². The monoisotopic (exact) mass is 574 g/mol. The first-order valence-electron chi connectivity index (χ1n) is 11.9. The number of rotatable bonds is 8. The molecule has 8 nitrogen and oxygen atoms in total. The Hall–Kier alpha value is -1.59. The molecule has 1 amide bonds. The van der Waals surface area contributed by atoms with Crippen molar-refractivity contribution in [3.05, 3.63) is 35.4 Å². The predicted octanol–water partition coefficient (Wildman–Crippen LogP) is 3.68. The summed E-state index contributed by atoms with van der Waals surface area (Å²) in [5, 5.41) is 6.86. The van der Waals surface area contributed by atoms with E-state index < -0.39 is 0 Å². The average Bonchev–Trinajstić information content (AvgIpc) is 2.83. The van der Waals surface area contributed by atoms with Gasteiger partial charge in [0.15, 0.2) is 5.96 Å². The highest BCUT2D eigenvalue weighted by molar-refractivity contribution is 14.0. The number of nitrogens with zero attached hydrogens (tertiary/aromatic N) is 2. The summed E-state index contributed by atoms with van der Waals surface area (Å²) in [6.07, 6.45) is 3.78. The number of hydrogen-bond donors (Lipinski definition) is 2. The molecular formula is C24H39IN4O4. The zero-order valence-corrected chi connectivity index (χ0v) is 22.2. The Morgan fingerprint density at radius 2 is 1.88 bits per heavy atom. The molecule has 2 aliphatic heterocycles. The van der Waals surface area contributed by atoms with Crippen molar-refractivity contribution in [3.63, 3.8) is 0 Å². The molecule has 0 radical (unpaired) electrons. The van der Waals surface area contributed by atoms with E-state index in [1.165, 1.54) is 5.56 Å². The molecule has 2 saturated heterocycles. The van der Waals surface area contributed by atoms with E-state index in [1.54, 1.807) is 4.90 Å². The zero-order chi connectivity index (χ0) is 22.6. The number of carbonyl (C=O) groups is 1. The standard InChI is InChI=1S/C24H38N4O4.HI/c1-3-25-23(27-21-8-12-28(13-9-21)24(29)31-4-2)26-17-19-6-5-7-20(16-19)18-32-22-10-14-30-15-11-22;/h5-7,16,21-22H,3-4,8-15,17-18H2,1-2H3,(H2,25,26,27);1H. The van der Waals surface area contributed by atoms with Crippen LogP contribution >= 0.6 is 24.0 Å². The van der Waals surface area contributed by atoms with E-state index in [0.29, 0.717) is 39.0 Å². The van der Waals surface area contributed by atoms with Crippen LogP contribution in [0.1, 0.15) is 50.7 Å². The number of likely N-dealkylation sites (tertiary alicyclic amines) is 1. The van der Waals surface area contributed by atoms with Crippen molar-refractivity contribution in [3.8, 4) is 0 Å². The van der Waals surface area contributed by atoms with Gasteiger partial charge < -0.3 is 29.7 Å². The lowest BCUT2D eigenvalue weighted by Gasteiger charge is -2.32. The molecule has 2 fully saturated rings. The molecule has 3 rings (SSSR count). The summed E-state index contributed by atoms with van der Waals surface area (Å²) in [5.41, 5.74) is 2.33. The minimum absolute atomic E-state index is 0. The van der Waals surface area contributed by atoms with Gasteiger partial charge in [0.2, 0.25) is 0 Å². The van der Waals surface area contributed by atoms with Gasteiger partial charge in [-0.3, -0.25) is 0 Å². The third-order valence-corrected chi connectivity index (χ3v) is 5.77. The van der Waals surface area contributed by atoms with E-state index in [1.807, 2.05) is 6.92 Å². The van der Waals surface area contributed by atoms with Gasteiger partial charge in [0.05, 0.1) is 25.9 Å². The molecule has 33 heavy (non-hydrogen) atoms. The smallest absolute Gasteiger partial charge is 0.409 e. The largest absolute Gasteiger partial charge is 0.450 e. The molecule has 2 aliphatic rings. The second-order valence-electron chi connectivity index (χ2n) is 8.24. The van der Waals surface area contributed by atoms with Crippen molar-refractivity contribution < 1.29 is 19.0 Å². The van der Waals surface area contributed by atoms with E-state index in [0.717, 1.165) is 57.0 Å². The maximum Gasteiger partial charge on any atom is 0.409 e. The maximum atomic E-state index is 11.9. The van der Waals surface area contributed by atoms with Gasteiger partial charge in [0.1, 0.15) is 0 Å². The number of aliphatic imine (C=N–C) groups is 1. The van der Waals surface area contributed by atoms with Crippen LogP contribution in [0, 0.1) is 0 Å². The molecular weight excluding hydrogens is 535 g/mol. The van der Waals surface area contributed by atoms with Crippen LogP contribution in [-0.2, 0) is 27.4 Å². The molecule has 0 aromatic heterocycles. The highest BCUT2D eigenvalue weighted by Gasteiger charge is 2.24. The van der Waals surface area contributed by atoms with Gasteiger partial charge in [-0.1, -0.05) is 24.3 Å². The lowest BCUT2D eigenvalue weighted by atomic mass is 10.1. The molecule has 0 saturated carbocycles. The van der Waals surface area contributed by atoms with Crippen LogP contribution in [0.15, 0.2) is 29.3 Å². The molecule has 186 valence electrons. The molecule has 1 aromatic carbocycles. The van der Waals surface area contributed by atoms with Crippen molar-refractivity contribution in [2.24, 2.45) is 4.99 Å².